The fourth-order valence-corrected chi connectivity index (χ4v) is 1.68. The van der Waals surface area contributed by atoms with E-state index in [1.807, 2.05) is 6.92 Å². The van der Waals surface area contributed by atoms with Crippen molar-refractivity contribution in [3.63, 3.8) is 0 Å². The van der Waals surface area contributed by atoms with Crippen molar-refractivity contribution in [2.24, 2.45) is 0 Å². The summed E-state index contributed by atoms with van der Waals surface area (Å²) >= 11 is 0. The first-order chi connectivity index (χ1) is 7.31. The topological polar surface area (TPSA) is 71.8 Å². The van der Waals surface area contributed by atoms with Crippen molar-refractivity contribution >= 4 is 5.91 Å². The van der Waals surface area contributed by atoms with E-state index < -0.39 is 0 Å². The maximum atomic E-state index is 11.4. The number of nitrogens with one attached hydrogen (secondary N) is 2. The van der Waals surface area contributed by atoms with Gasteiger partial charge in [0.2, 0.25) is 0 Å². The van der Waals surface area contributed by atoms with Crippen LogP contribution in [0.15, 0.2) is 6.20 Å². The minimum atomic E-state index is -0.158. The molecule has 0 aromatic carbocycles. The molecule has 1 aromatic heterocycles. The first-order valence-corrected chi connectivity index (χ1v) is 5.22. The summed E-state index contributed by atoms with van der Waals surface area (Å²) in [4.78, 5) is 11.4. The van der Waals surface area contributed by atoms with Gasteiger partial charge in [-0.1, -0.05) is 5.21 Å². The average molecular weight is 209 g/mol. The molecule has 0 unspecified atom stereocenters. The zero-order valence-corrected chi connectivity index (χ0v) is 8.73. The number of hydrogen-bond donors (Lipinski definition) is 2. The molecule has 1 aliphatic heterocycles. The lowest BCUT2D eigenvalue weighted by atomic mass is 10.3. The van der Waals surface area contributed by atoms with Crippen LogP contribution >= 0.6 is 0 Å². The Morgan fingerprint density at radius 2 is 2.67 bits per heavy atom. The van der Waals surface area contributed by atoms with E-state index in [-0.39, 0.29) is 5.91 Å². The van der Waals surface area contributed by atoms with Gasteiger partial charge in [-0.05, 0) is 19.9 Å². The summed E-state index contributed by atoms with van der Waals surface area (Å²) in [6, 6.07) is 0.334. The van der Waals surface area contributed by atoms with Crippen LogP contribution in [-0.4, -0.2) is 40.5 Å². The number of nitrogens with zero attached hydrogens (tertiary/aromatic N) is 3. The van der Waals surface area contributed by atoms with Crippen LogP contribution in [0, 0.1) is 0 Å². The Morgan fingerprint density at radius 1 is 1.80 bits per heavy atom. The summed E-state index contributed by atoms with van der Waals surface area (Å²) in [6.07, 6.45) is 2.75. The van der Waals surface area contributed by atoms with Crippen molar-refractivity contribution in [3.8, 4) is 0 Å². The lowest BCUT2D eigenvalue weighted by molar-refractivity contribution is 0.0951. The molecule has 1 atom stereocenters. The van der Waals surface area contributed by atoms with E-state index in [4.69, 9.17) is 0 Å². The standard InChI is InChI=1S/C9H15N5O/c1-2-11-9(15)8-6-14(13-12-8)7-3-4-10-5-7/h6-7,10H,2-5H2,1H3,(H,11,15)/t7-/m0/s1. The molecule has 2 N–H and O–H groups in total. The third-order valence-electron chi connectivity index (χ3n) is 2.49. The lowest BCUT2D eigenvalue weighted by Crippen LogP contribution is -2.23. The second-order valence-electron chi connectivity index (χ2n) is 3.59. The molecule has 6 nitrogen and oxygen atoms in total. The van der Waals surface area contributed by atoms with E-state index in [1.165, 1.54) is 0 Å². The van der Waals surface area contributed by atoms with E-state index in [0.29, 0.717) is 18.3 Å². The first kappa shape index (κ1) is 10.1. The molecule has 1 fully saturated rings. The van der Waals surface area contributed by atoms with E-state index >= 15 is 0 Å². The second kappa shape index (κ2) is 4.39. The summed E-state index contributed by atoms with van der Waals surface area (Å²) in [5.74, 6) is -0.158. The molecular formula is C9H15N5O. The van der Waals surface area contributed by atoms with Gasteiger partial charge in [-0.15, -0.1) is 5.10 Å². The molecule has 1 saturated heterocycles. The van der Waals surface area contributed by atoms with Gasteiger partial charge in [0.15, 0.2) is 5.69 Å². The Hall–Kier alpha value is -1.43. The third kappa shape index (κ3) is 2.15. The van der Waals surface area contributed by atoms with Crippen LogP contribution in [0.25, 0.3) is 0 Å². The number of carbonyl (C=O) groups excluding carboxylic acids is 1. The normalized spacial score (nSPS) is 20.5. The molecule has 0 spiro atoms. The van der Waals surface area contributed by atoms with Crippen molar-refractivity contribution in [2.75, 3.05) is 19.6 Å². The monoisotopic (exact) mass is 209 g/mol. The molecule has 0 aliphatic carbocycles. The van der Waals surface area contributed by atoms with Gasteiger partial charge in [-0.25, -0.2) is 4.68 Å². The van der Waals surface area contributed by atoms with Crippen molar-refractivity contribution < 1.29 is 4.79 Å². The summed E-state index contributed by atoms with van der Waals surface area (Å²) in [5.41, 5.74) is 0.392. The van der Waals surface area contributed by atoms with Crippen LogP contribution in [0.4, 0.5) is 0 Å². The van der Waals surface area contributed by atoms with Gasteiger partial charge in [-0.3, -0.25) is 4.79 Å². The van der Waals surface area contributed by atoms with Crippen molar-refractivity contribution in [1.29, 1.82) is 0 Å². The Morgan fingerprint density at radius 3 is 3.33 bits per heavy atom. The Balaban J connectivity index is 2.06. The van der Waals surface area contributed by atoms with Crippen molar-refractivity contribution in [1.82, 2.24) is 25.6 Å². The largest absolute Gasteiger partial charge is 0.351 e. The molecule has 0 radical (unpaired) electrons. The smallest absolute Gasteiger partial charge is 0.273 e. The average Bonchev–Trinajstić information content (AvgIpc) is 2.89. The van der Waals surface area contributed by atoms with Gasteiger partial charge in [-0.2, -0.15) is 0 Å². The maximum absolute atomic E-state index is 11.4. The minimum absolute atomic E-state index is 0.158. The van der Waals surface area contributed by atoms with Gasteiger partial charge in [0.25, 0.3) is 5.91 Å². The van der Waals surface area contributed by atoms with Crippen LogP contribution in [0.3, 0.4) is 0 Å². The van der Waals surface area contributed by atoms with E-state index in [0.717, 1.165) is 19.5 Å². The highest BCUT2D eigenvalue weighted by Crippen LogP contribution is 2.13. The zero-order valence-electron chi connectivity index (χ0n) is 8.73. The molecule has 82 valence electrons. The highest BCUT2D eigenvalue weighted by molar-refractivity contribution is 5.91. The summed E-state index contributed by atoms with van der Waals surface area (Å²) in [6.45, 7) is 4.39. The molecule has 6 heteroatoms. The molecule has 1 aliphatic rings. The predicted molar refractivity (Wildman–Crippen MR) is 54.6 cm³/mol. The summed E-state index contributed by atoms with van der Waals surface area (Å²) < 4.78 is 1.77. The number of rotatable bonds is 3. The highest BCUT2D eigenvalue weighted by Gasteiger charge is 2.19. The van der Waals surface area contributed by atoms with Crippen LogP contribution in [0.5, 0.6) is 0 Å². The number of amides is 1. The highest BCUT2D eigenvalue weighted by atomic mass is 16.1. The summed E-state index contributed by atoms with van der Waals surface area (Å²) in [5, 5.41) is 13.8. The number of hydrogen-bond acceptors (Lipinski definition) is 4. The van der Waals surface area contributed by atoms with Crippen molar-refractivity contribution in [2.45, 2.75) is 19.4 Å². The predicted octanol–water partition coefficient (Wildman–Crippen LogP) is -0.438. The van der Waals surface area contributed by atoms with Crippen LogP contribution < -0.4 is 10.6 Å². The molecule has 15 heavy (non-hydrogen) atoms. The minimum Gasteiger partial charge on any atom is -0.351 e. The van der Waals surface area contributed by atoms with Gasteiger partial charge < -0.3 is 10.6 Å². The number of carbonyl (C=O) groups is 1. The van der Waals surface area contributed by atoms with Crippen LogP contribution in [0.2, 0.25) is 0 Å². The van der Waals surface area contributed by atoms with Crippen LogP contribution in [0.1, 0.15) is 29.9 Å². The molecular weight excluding hydrogens is 194 g/mol. The fraction of sp³-hybridized carbons (Fsp3) is 0.667. The fourth-order valence-electron chi connectivity index (χ4n) is 1.68. The van der Waals surface area contributed by atoms with E-state index in [2.05, 4.69) is 20.9 Å². The third-order valence-corrected chi connectivity index (χ3v) is 2.49. The Bertz CT molecular complexity index is 342. The van der Waals surface area contributed by atoms with E-state index in [9.17, 15) is 4.79 Å². The van der Waals surface area contributed by atoms with Crippen molar-refractivity contribution in [3.05, 3.63) is 11.9 Å². The number of aromatic nitrogens is 3. The molecule has 0 bridgehead atoms. The Labute approximate surface area is 88.0 Å². The van der Waals surface area contributed by atoms with Crippen LogP contribution in [-0.2, 0) is 0 Å². The molecule has 2 heterocycles. The second-order valence-corrected chi connectivity index (χ2v) is 3.59. The van der Waals surface area contributed by atoms with Gasteiger partial charge in [0, 0.05) is 13.1 Å². The molecule has 1 amide bonds. The molecule has 2 rings (SSSR count). The Kier molecular flexibility index (Phi) is 2.96. The van der Waals surface area contributed by atoms with E-state index in [1.54, 1.807) is 10.9 Å². The first-order valence-electron chi connectivity index (χ1n) is 5.22. The molecule has 0 saturated carbocycles. The van der Waals surface area contributed by atoms with Gasteiger partial charge in [0.1, 0.15) is 0 Å². The lowest BCUT2D eigenvalue weighted by Gasteiger charge is -2.05. The SMILES string of the molecule is CCNC(=O)c1cn([C@H]2CCNC2)nn1. The maximum Gasteiger partial charge on any atom is 0.273 e. The van der Waals surface area contributed by atoms with Gasteiger partial charge in [0.05, 0.1) is 12.2 Å². The molecule has 1 aromatic rings. The van der Waals surface area contributed by atoms with Gasteiger partial charge >= 0.3 is 0 Å². The quantitative estimate of drug-likeness (QED) is 0.708. The summed E-state index contributed by atoms with van der Waals surface area (Å²) in [7, 11) is 0. The zero-order chi connectivity index (χ0) is 10.7.